The first-order chi connectivity index (χ1) is 13.8. The van der Waals surface area contributed by atoms with Crippen molar-refractivity contribution >= 4 is 11.8 Å². The molecule has 1 aromatic heterocycles. The third-order valence-electron chi connectivity index (χ3n) is 8.21. The zero-order valence-corrected chi connectivity index (χ0v) is 18.0. The van der Waals surface area contributed by atoms with Gasteiger partial charge in [-0.2, -0.15) is 0 Å². The second kappa shape index (κ2) is 6.88. The topological polar surface area (TPSA) is 62.6 Å². The van der Waals surface area contributed by atoms with Crippen LogP contribution in [0.3, 0.4) is 0 Å². The van der Waals surface area contributed by atoms with Gasteiger partial charge in [-0.15, -0.1) is 0 Å². The Kier molecular flexibility index (Phi) is 4.56. The van der Waals surface area contributed by atoms with Crippen molar-refractivity contribution in [2.75, 3.05) is 6.54 Å². The molecule has 1 aromatic rings. The van der Waals surface area contributed by atoms with Gasteiger partial charge >= 0.3 is 0 Å². The Labute approximate surface area is 173 Å². The van der Waals surface area contributed by atoms with E-state index in [1.165, 1.54) is 19.3 Å². The number of nitrogens with zero attached hydrogens (tertiary/aromatic N) is 1. The molecule has 1 N–H and O–H groups in total. The highest BCUT2D eigenvalue weighted by molar-refractivity contribution is 5.91. The standard InChI is InChI=1S/C24H34N2O3/c1-14-7-20(16(3)29-14)15(2)25-22(27)21-5-4-6-26(21)23(28)24-11-17-8-18(12-24)10-19(9-17)13-24/h7,15,17-19,21H,4-6,8-13H2,1-3H3,(H,25,27). The van der Waals surface area contributed by atoms with Crippen molar-refractivity contribution in [2.24, 2.45) is 23.2 Å². The van der Waals surface area contributed by atoms with E-state index in [9.17, 15) is 9.59 Å². The van der Waals surface area contributed by atoms with Gasteiger partial charge in [0.25, 0.3) is 0 Å². The molecule has 2 heterocycles. The molecule has 4 saturated carbocycles. The van der Waals surface area contributed by atoms with Gasteiger partial charge < -0.3 is 14.6 Å². The van der Waals surface area contributed by atoms with E-state index in [-0.39, 0.29) is 29.3 Å². The maximum atomic E-state index is 13.8. The highest BCUT2D eigenvalue weighted by Crippen LogP contribution is 2.60. The minimum absolute atomic E-state index is 0.00803. The average Bonchev–Trinajstić information content (AvgIpc) is 3.26. The maximum absolute atomic E-state index is 13.8. The average molecular weight is 399 g/mol. The van der Waals surface area contributed by atoms with E-state index in [2.05, 4.69) is 5.32 Å². The summed E-state index contributed by atoms with van der Waals surface area (Å²) in [7, 11) is 0. The molecule has 1 saturated heterocycles. The number of rotatable bonds is 4. The molecule has 2 atom stereocenters. The summed E-state index contributed by atoms with van der Waals surface area (Å²) in [6.07, 6.45) is 8.88. The van der Waals surface area contributed by atoms with Gasteiger partial charge in [-0.1, -0.05) is 0 Å². The number of likely N-dealkylation sites (tertiary alicyclic amines) is 1. The maximum Gasteiger partial charge on any atom is 0.243 e. The van der Waals surface area contributed by atoms with E-state index in [0.29, 0.717) is 0 Å². The lowest BCUT2D eigenvalue weighted by atomic mass is 9.49. The van der Waals surface area contributed by atoms with E-state index in [0.717, 1.165) is 73.5 Å². The lowest BCUT2D eigenvalue weighted by Crippen LogP contribution is -2.57. The van der Waals surface area contributed by atoms with Gasteiger partial charge in [0, 0.05) is 12.1 Å². The molecule has 5 nitrogen and oxygen atoms in total. The van der Waals surface area contributed by atoms with E-state index in [1.54, 1.807) is 0 Å². The van der Waals surface area contributed by atoms with Crippen LogP contribution in [0.15, 0.2) is 10.5 Å². The van der Waals surface area contributed by atoms with Crippen molar-refractivity contribution in [2.45, 2.75) is 84.2 Å². The van der Waals surface area contributed by atoms with Crippen molar-refractivity contribution in [1.82, 2.24) is 10.2 Å². The molecule has 1 aliphatic heterocycles. The van der Waals surface area contributed by atoms with Crippen LogP contribution in [0.1, 0.15) is 81.4 Å². The molecule has 5 heteroatoms. The number of aryl methyl sites for hydroxylation is 2. The normalized spacial score (nSPS) is 36.4. The smallest absolute Gasteiger partial charge is 0.243 e. The van der Waals surface area contributed by atoms with Crippen LogP contribution >= 0.6 is 0 Å². The van der Waals surface area contributed by atoms with Crippen molar-refractivity contribution in [3.8, 4) is 0 Å². The van der Waals surface area contributed by atoms with Crippen LogP contribution in [0.2, 0.25) is 0 Å². The van der Waals surface area contributed by atoms with Gasteiger partial charge in [-0.05, 0) is 96.0 Å². The zero-order valence-electron chi connectivity index (χ0n) is 18.0. The Morgan fingerprint density at radius 2 is 1.76 bits per heavy atom. The Morgan fingerprint density at radius 1 is 1.14 bits per heavy atom. The predicted molar refractivity (Wildman–Crippen MR) is 110 cm³/mol. The number of furan rings is 1. The van der Waals surface area contributed by atoms with Crippen LogP contribution in [0.5, 0.6) is 0 Å². The van der Waals surface area contributed by atoms with E-state index in [4.69, 9.17) is 4.42 Å². The van der Waals surface area contributed by atoms with E-state index in [1.807, 2.05) is 31.7 Å². The second-order valence-electron chi connectivity index (χ2n) is 10.5. The van der Waals surface area contributed by atoms with Crippen LogP contribution in [-0.2, 0) is 9.59 Å². The van der Waals surface area contributed by atoms with Crippen molar-refractivity contribution < 1.29 is 14.0 Å². The molecule has 0 aromatic carbocycles. The molecule has 5 fully saturated rings. The van der Waals surface area contributed by atoms with Crippen LogP contribution in [0.25, 0.3) is 0 Å². The number of carbonyl (C=O) groups is 2. The SMILES string of the molecule is Cc1cc(C(C)NC(=O)C2CCCN2C(=O)C23CC4CC(CC(C4)C2)C3)c(C)o1. The summed E-state index contributed by atoms with van der Waals surface area (Å²) in [6, 6.07) is 1.57. The minimum atomic E-state index is -0.314. The summed E-state index contributed by atoms with van der Waals surface area (Å²) in [6.45, 7) is 6.59. The number of amides is 2. The predicted octanol–water partition coefficient (Wildman–Crippen LogP) is 4.28. The molecule has 2 amide bonds. The fraction of sp³-hybridized carbons (Fsp3) is 0.750. The van der Waals surface area contributed by atoms with Crippen molar-refractivity contribution in [1.29, 1.82) is 0 Å². The van der Waals surface area contributed by atoms with Gasteiger partial charge in [0.05, 0.1) is 11.5 Å². The molecule has 29 heavy (non-hydrogen) atoms. The van der Waals surface area contributed by atoms with Crippen LogP contribution in [-0.4, -0.2) is 29.3 Å². The molecular weight excluding hydrogens is 364 g/mol. The first-order valence-corrected chi connectivity index (χ1v) is 11.5. The Balaban J connectivity index is 1.30. The summed E-state index contributed by atoms with van der Waals surface area (Å²) >= 11 is 0. The number of hydrogen-bond donors (Lipinski definition) is 1. The molecule has 4 bridgehead atoms. The monoisotopic (exact) mass is 398 g/mol. The summed E-state index contributed by atoms with van der Waals surface area (Å²) in [5, 5.41) is 3.16. The molecule has 4 aliphatic carbocycles. The second-order valence-corrected chi connectivity index (χ2v) is 10.5. The fourth-order valence-electron chi connectivity index (χ4n) is 7.43. The lowest BCUT2D eigenvalue weighted by molar-refractivity contribution is -0.160. The van der Waals surface area contributed by atoms with Gasteiger partial charge in [0.2, 0.25) is 11.8 Å². The summed E-state index contributed by atoms with van der Waals surface area (Å²) in [4.78, 5) is 28.9. The number of carbonyl (C=O) groups excluding carboxylic acids is 2. The quantitative estimate of drug-likeness (QED) is 0.823. The molecule has 0 radical (unpaired) electrons. The van der Waals surface area contributed by atoms with Gasteiger partial charge in [0.1, 0.15) is 17.6 Å². The number of nitrogens with one attached hydrogen (secondary N) is 1. The van der Waals surface area contributed by atoms with E-state index >= 15 is 0 Å². The molecule has 6 rings (SSSR count). The van der Waals surface area contributed by atoms with Gasteiger partial charge in [0.15, 0.2) is 0 Å². The van der Waals surface area contributed by atoms with Crippen molar-refractivity contribution in [3.63, 3.8) is 0 Å². The van der Waals surface area contributed by atoms with Gasteiger partial charge in [-0.25, -0.2) is 0 Å². The zero-order chi connectivity index (χ0) is 20.3. The fourth-order valence-corrected chi connectivity index (χ4v) is 7.43. The molecule has 0 spiro atoms. The van der Waals surface area contributed by atoms with Crippen molar-refractivity contribution in [3.05, 3.63) is 23.2 Å². The van der Waals surface area contributed by atoms with Gasteiger partial charge in [-0.3, -0.25) is 9.59 Å². The van der Waals surface area contributed by atoms with Crippen LogP contribution < -0.4 is 5.32 Å². The first-order valence-electron chi connectivity index (χ1n) is 11.5. The molecule has 2 unspecified atom stereocenters. The van der Waals surface area contributed by atoms with Crippen LogP contribution in [0.4, 0.5) is 0 Å². The Morgan fingerprint density at radius 3 is 2.31 bits per heavy atom. The molecule has 158 valence electrons. The summed E-state index contributed by atoms with van der Waals surface area (Å²) in [5.74, 6) is 4.22. The largest absolute Gasteiger partial charge is 0.466 e. The minimum Gasteiger partial charge on any atom is -0.466 e. The third kappa shape index (κ3) is 3.21. The lowest BCUT2D eigenvalue weighted by Gasteiger charge is -2.56. The Hall–Kier alpha value is -1.78. The molecular formula is C24H34N2O3. The third-order valence-corrected chi connectivity index (χ3v) is 8.21. The number of hydrogen-bond acceptors (Lipinski definition) is 3. The Bertz CT molecular complexity index is 791. The highest BCUT2D eigenvalue weighted by Gasteiger charge is 2.56. The first kappa shape index (κ1) is 19.2. The molecule has 5 aliphatic rings. The highest BCUT2D eigenvalue weighted by atomic mass is 16.3. The van der Waals surface area contributed by atoms with E-state index < -0.39 is 0 Å². The van der Waals surface area contributed by atoms with Crippen LogP contribution in [0, 0.1) is 37.0 Å². The summed E-state index contributed by atoms with van der Waals surface area (Å²) < 4.78 is 5.62. The summed E-state index contributed by atoms with van der Waals surface area (Å²) in [5.41, 5.74) is 0.856.